The third-order valence-electron chi connectivity index (χ3n) is 3.73. The Labute approximate surface area is 98.1 Å². The van der Waals surface area contributed by atoms with Crippen molar-refractivity contribution < 1.29 is 0 Å². The lowest BCUT2D eigenvalue weighted by atomic mass is 10.1. The number of rotatable bonds is 3. The van der Waals surface area contributed by atoms with Gasteiger partial charge in [-0.05, 0) is 19.3 Å². The molecule has 16 heavy (non-hydrogen) atoms. The predicted molar refractivity (Wildman–Crippen MR) is 66.2 cm³/mol. The topological polar surface area (TPSA) is 43.8 Å². The van der Waals surface area contributed by atoms with Crippen LogP contribution in [0.2, 0.25) is 0 Å². The summed E-state index contributed by atoms with van der Waals surface area (Å²) in [5, 5.41) is 0. The van der Waals surface area contributed by atoms with E-state index in [0.29, 0.717) is 6.04 Å². The molecule has 1 saturated carbocycles. The van der Waals surface area contributed by atoms with Gasteiger partial charge in [-0.15, -0.1) is 0 Å². The van der Waals surface area contributed by atoms with Crippen molar-refractivity contribution in [2.75, 3.05) is 0 Å². The standard InChI is InChI=1S/C13H23N3/c1-2-12(14)13-9-15-10-16(13)11-7-5-3-4-6-8-11/h9-12H,2-8,14H2,1H3/t12-/m1/s1. The summed E-state index contributed by atoms with van der Waals surface area (Å²) in [4.78, 5) is 4.28. The Morgan fingerprint density at radius 1 is 1.38 bits per heavy atom. The van der Waals surface area contributed by atoms with Gasteiger partial charge in [0.2, 0.25) is 0 Å². The van der Waals surface area contributed by atoms with Crippen LogP contribution in [-0.2, 0) is 0 Å². The molecular formula is C13H23N3. The Morgan fingerprint density at radius 3 is 2.69 bits per heavy atom. The highest BCUT2D eigenvalue weighted by Crippen LogP contribution is 2.29. The van der Waals surface area contributed by atoms with E-state index < -0.39 is 0 Å². The number of hydrogen-bond acceptors (Lipinski definition) is 2. The van der Waals surface area contributed by atoms with Crippen molar-refractivity contribution in [2.45, 2.75) is 64.0 Å². The molecule has 1 aliphatic carbocycles. The minimum Gasteiger partial charge on any atom is -0.330 e. The second-order valence-electron chi connectivity index (χ2n) is 4.89. The first-order valence-electron chi connectivity index (χ1n) is 6.60. The van der Waals surface area contributed by atoms with E-state index in [-0.39, 0.29) is 6.04 Å². The van der Waals surface area contributed by atoms with E-state index in [1.165, 1.54) is 44.2 Å². The molecule has 0 saturated heterocycles. The van der Waals surface area contributed by atoms with Gasteiger partial charge >= 0.3 is 0 Å². The minimum absolute atomic E-state index is 0.144. The third-order valence-corrected chi connectivity index (χ3v) is 3.73. The molecular weight excluding hydrogens is 198 g/mol. The van der Waals surface area contributed by atoms with Crippen molar-refractivity contribution >= 4 is 0 Å². The van der Waals surface area contributed by atoms with Crippen molar-refractivity contribution in [1.82, 2.24) is 9.55 Å². The van der Waals surface area contributed by atoms with E-state index in [0.717, 1.165) is 6.42 Å². The molecule has 1 fully saturated rings. The van der Waals surface area contributed by atoms with Crippen LogP contribution in [0.1, 0.15) is 69.6 Å². The Morgan fingerprint density at radius 2 is 2.06 bits per heavy atom. The normalized spacial score (nSPS) is 20.6. The van der Waals surface area contributed by atoms with Gasteiger partial charge in [0.1, 0.15) is 0 Å². The van der Waals surface area contributed by atoms with Crippen molar-refractivity contribution in [3.8, 4) is 0 Å². The summed E-state index contributed by atoms with van der Waals surface area (Å²) in [6, 6.07) is 0.781. The van der Waals surface area contributed by atoms with Gasteiger partial charge < -0.3 is 10.3 Å². The molecule has 1 heterocycles. The molecule has 2 N–H and O–H groups in total. The molecule has 0 unspecified atom stereocenters. The molecule has 90 valence electrons. The SMILES string of the molecule is CC[C@@H](N)c1cncn1C1CCCCCC1. The maximum absolute atomic E-state index is 6.12. The van der Waals surface area contributed by atoms with Gasteiger partial charge in [-0.3, -0.25) is 0 Å². The largest absolute Gasteiger partial charge is 0.330 e. The van der Waals surface area contributed by atoms with Gasteiger partial charge in [0, 0.05) is 18.3 Å². The smallest absolute Gasteiger partial charge is 0.0951 e. The molecule has 0 amide bonds. The Kier molecular flexibility index (Phi) is 3.99. The molecule has 1 aromatic rings. The van der Waals surface area contributed by atoms with E-state index in [2.05, 4.69) is 16.5 Å². The van der Waals surface area contributed by atoms with Crippen LogP contribution in [0.25, 0.3) is 0 Å². The monoisotopic (exact) mass is 221 g/mol. The molecule has 0 aliphatic heterocycles. The second-order valence-corrected chi connectivity index (χ2v) is 4.89. The minimum atomic E-state index is 0.144. The molecule has 1 aromatic heterocycles. The third kappa shape index (κ3) is 2.46. The molecule has 0 spiro atoms. The summed E-state index contributed by atoms with van der Waals surface area (Å²) >= 11 is 0. The zero-order chi connectivity index (χ0) is 11.4. The van der Waals surface area contributed by atoms with Crippen molar-refractivity contribution in [3.05, 3.63) is 18.2 Å². The predicted octanol–water partition coefficient (Wildman–Crippen LogP) is 3.19. The number of imidazole rings is 1. The van der Waals surface area contributed by atoms with Crippen LogP contribution < -0.4 is 5.73 Å². The van der Waals surface area contributed by atoms with Crippen LogP contribution in [0, 0.1) is 0 Å². The maximum Gasteiger partial charge on any atom is 0.0951 e. The van der Waals surface area contributed by atoms with Gasteiger partial charge in [-0.2, -0.15) is 0 Å². The van der Waals surface area contributed by atoms with E-state index in [4.69, 9.17) is 5.73 Å². The summed E-state index contributed by atoms with van der Waals surface area (Å²) in [5.41, 5.74) is 7.34. The molecule has 2 rings (SSSR count). The van der Waals surface area contributed by atoms with Crippen LogP contribution in [0.15, 0.2) is 12.5 Å². The Bertz CT molecular complexity index is 311. The number of aromatic nitrogens is 2. The van der Waals surface area contributed by atoms with Crippen LogP contribution in [0.3, 0.4) is 0 Å². The quantitative estimate of drug-likeness (QED) is 0.797. The molecule has 0 bridgehead atoms. The Hall–Kier alpha value is -0.830. The van der Waals surface area contributed by atoms with Gasteiger partial charge in [0.05, 0.1) is 12.0 Å². The first-order chi connectivity index (χ1) is 7.83. The average Bonchev–Trinajstić information content (AvgIpc) is 2.64. The first kappa shape index (κ1) is 11.6. The summed E-state index contributed by atoms with van der Waals surface area (Å²) < 4.78 is 2.33. The van der Waals surface area contributed by atoms with Crippen LogP contribution in [0.5, 0.6) is 0 Å². The van der Waals surface area contributed by atoms with Crippen LogP contribution >= 0.6 is 0 Å². The number of nitrogens with zero attached hydrogens (tertiary/aromatic N) is 2. The highest BCUT2D eigenvalue weighted by molar-refractivity contribution is 5.06. The van der Waals surface area contributed by atoms with Gasteiger partial charge in [-0.1, -0.05) is 32.6 Å². The zero-order valence-corrected chi connectivity index (χ0v) is 10.2. The molecule has 1 atom stereocenters. The summed E-state index contributed by atoms with van der Waals surface area (Å²) in [6.45, 7) is 2.13. The highest BCUT2D eigenvalue weighted by Gasteiger charge is 2.18. The zero-order valence-electron chi connectivity index (χ0n) is 10.2. The van der Waals surface area contributed by atoms with Crippen molar-refractivity contribution in [3.63, 3.8) is 0 Å². The van der Waals surface area contributed by atoms with Crippen LogP contribution in [-0.4, -0.2) is 9.55 Å². The van der Waals surface area contributed by atoms with Gasteiger partial charge in [0.15, 0.2) is 0 Å². The first-order valence-corrected chi connectivity index (χ1v) is 6.60. The Balaban J connectivity index is 2.15. The van der Waals surface area contributed by atoms with E-state index in [9.17, 15) is 0 Å². The maximum atomic E-state index is 6.12. The van der Waals surface area contributed by atoms with Gasteiger partial charge in [-0.25, -0.2) is 4.98 Å². The fraction of sp³-hybridized carbons (Fsp3) is 0.769. The molecule has 0 aromatic carbocycles. The lowest BCUT2D eigenvalue weighted by Crippen LogP contribution is -2.17. The van der Waals surface area contributed by atoms with Crippen molar-refractivity contribution in [1.29, 1.82) is 0 Å². The number of nitrogens with two attached hydrogens (primary N) is 1. The molecule has 0 radical (unpaired) electrons. The van der Waals surface area contributed by atoms with Crippen molar-refractivity contribution in [2.24, 2.45) is 5.73 Å². The second kappa shape index (κ2) is 5.48. The molecule has 3 heteroatoms. The highest BCUT2D eigenvalue weighted by atomic mass is 15.1. The molecule has 1 aliphatic rings. The van der Waals surface area contributed by atoms with E-state index in [1.54, 1.807) is 0 Å². The fourth-order valence-corrected chi connectivity index (χ4v) is 2.65. The molecule has 3 nitrogen and oxygen atoms in total. The summed E-state index contributed by atoms with van der Waals surface area (Å²) in [5.74, 6) is 0. The number of hydrogen-bond donors (Lipinski definition) is 1. The van der Waals surface area contributed by atoms with E-state index in [1.807, 2.05) is 12.5 Å². The summed E-state index contributed by atoms with van der Waals surface area (Å²) in [7, 11) is 0. The van der Waals surface area contributed by atoms with E-state index >= 15 is 0 Å². The van der Waals surface area contributed by atoms with Gasteiger partial charge in [0.25, 0.3) is 0 Å². The summed E-state index contributed by atoms with van der Waals surface area (Å²) in [6.07, 6.45) is 13.0. The fourth-order valence-electron chi connectivity index (χ4n) is 2.65. The lowest BCUT2D eigenvalue weighted by molar-refractivity contribution is 0.420. The average molecular weight is 221 g/mol. The van der Waals surface area contributed by atoms with Crippen LogP contribution in [0.4, 0.5) is 0 Å². The lowest BCUT2D eigenvalue weighted by Gasteiger charge is -2.21.